The van der Waals surface area contributed by atoms with Crippen molar-refractivity contribution in [1.82, 2.24) is 0 Å². The van der Waals surface area contributed by atoms with Crippen LogP contribution < -0.4 is 9.47 Å². The SMILES string of the molecule is COc1cccc(Oc2ccc(C)cc2CBr)c1. The van der Waals surface area contributed by atoms with Crippen molar-refractivity contribution in [2.45, 2.75) is 12.3 Å². The normalized spacial score (nSPS) is 10.2. The fourth-order valence-corrected chi connectivity index (χ4v) is 2.14. The van der Waals surface area contributed by atoms with Crippen LogP contribution in [0.1, 0.15) is 11.1 Å². The van der Waals surface area contributed by atoms with Crippen LogP contribution in [0.2, 0.25) is 0 Å². The van der Waals surface area contributed by atoms with E-state index in [0.717, 1.165) is 28.1 Å². The van der Waals surface area contributed by atoms with E-state index in [1.807, 2.05) is 36.4 Å². The second-order valence-electron chi connectivity index (χ2n) is 4.03. The van der Waals surface area contributed by atoms with Gasteiger partial charge in [0, 0.05) is 17.0 Å². The molecule has 0 N–H and O–H groups in total. The quantitative estimate of drug-likeness (QED) is 0.763. The zero-order valence-electron chi connectivity index (χ0n) is 10.4. The first-order chi connectivity index (χ1) is 8.72. The number of alkyl halides is 1. The van der Waals surface area contributed by atoms with Crippen LogP contribution in [0, 0.1) is 6.92 Å². The smallest absolute Gasteiger partial charge is 0.131 e. The maximum Gasteiger partial charge on any atom is 0.131 e. The molecular weight excluding hydrogens is 292 g/mol. The maximum atomic E-state index is 5.89. The number of methoxy groups -OCH3 is 1. The summed E-state index contributed by atoms with van der Waals surface area (Å²) in [5, 5.41) is 0.772. The number of hydrogen-bond acceptors (Lipinski definition) is 2. The predicted octanol–water partition coefficient (Wildman–Crippen LogP) is 4.69. The van der Waals surface area contributed by atoms with Gasteiger partial charge in [0.05, 0.1) is 7.11 Å². The van der Waals surface area contributed by atoms with Gasteiger partial charge in [-0.15, -0.1) is 0 Å². The molecule has 0 saturated heterocycles. The van der Waals surface area contributed by atoms with Crippen LogP contribution in [0.3, 0.4) is 0 Å². The molecule has 18 heavy (non-hydrogen) atoms. The van der Waals surface area contributed by atoms with Gasteiger partial charge in [0.2, 0.25) is 0 Å². The molecule has 2 nitrogen and oxygen atoms in total. The highest BCUT2D eigenvalue weighted by Gasteiger charge is 2.05. The van der Waals surface area contributed by atoms with Gasteiger partial charge in [0.1, 0.15) is 17.2 Å². The van der Waals surface area contributed by atoms with E-state index >= 15 is 0 Å². The highest BCUT2D eigenvalue weighted by molar-refractivity contribution is 9.08. The third-order valence-corrected chi connectivity index (χ3v) is 3.23. The third kappa shape index (κ3) is 3.05. The van der Waals surface area contributed by atoms with Crippen molar-refractivity contribution in [3.8, 4) is 17.2 Å². The molecule has 0 heterocycles. The lowest BCUT2D eigenvalue weighted by Crippen LogP contribution is -1.91. The molecule has 2 aromatic rings. The Morgan fingerprint density at radius 2 is 1.83 bits per heavy atom. The van der Waals surface area contributed by atoms with Gasteiger partial charge in [-0.2, -0.15) is 0 Å². The second-order valence-corrected chi connectivity index (χ2v) is 4.59. The summed E-state index contributed by atoms with van der Waals surface area (Å²) in [4.78, 5) is 0. The Labute approximate surface area is 116 Å². The average Bonchev–Trinajstić information content (AvgIpc) is 2.41. The van der Waals surface area contributed by atoms with Crippen LogP contribution in [0.4, 0.5) is 0 Å². The molecule has 0 amide bonds. The molecule has 0 radical (unpaired) electrons. The summed E-state index contributed by atoms with van der Waals surface area (Å²) in [6.45, 7) is 2.07. The molecule has 0 aliphatic carbocycles. The van der Waals surface area contributed by atoms with E-state index in [4.69, 9.17) is 9.47 Å². The van der Waals surface area contributed by atoms with Crippen molar-refractivity contribution in [2.75, 3.05) is 7.11 Å². The Kier molecular flexibility index (Phi) is 4.26. The molecule has 0 atom stereocenters. The number of aryl methyl sites for hydroxylation is 1. The first kappa shape index (κ1) is 13.0. The molecule has 0 aliphatic heterocycles. The first-order valence-electron chi connectivity index (χ1n) is 5.70. The van der Waals surface area contributed by atoms with Crippen molar-refractivity contribution in [2.24, 2.45) is 0 Å². The lowest BCUT2D eigenvalue weighted by atomic mass is 10.1. The van der Waals surface area contributed by atoms with E-state index in [1.54, 1.807) is 7.11 Å². The summed E-state index contributed by atoms with van der Waals surface area (Å²) >= 11 is 3.48. The zero-order chi connectivity index (χ0) is 13.0. The van der Waals surface area contributed by atoms with Gasteiger partial charge < -0.3 is 9.47 Å². The van der Waals surface area contributed by atoms with Crippen molar-refractivity contribution in [3.63, 3.8) is 0 Å². The molecular formula is C15H15BrO2. The van der Waals surface area contributed by atoms with Crippen molar-refractivity contribution in [1.29, 1.82) is 0 Å². The van der Waals surface area contributed by atoms with Crippen molar-refractivity contribution >= 4 is 15.9 Å². The molecule has 2 aromatic carbocycles. The Hall–Kier alpha value is -1.48. The topological polar surface area (TPSA) is 18.5 Å². The maximum absolute atomic E-state index is 5.89. The summed E-state index contributed by atoms with van der Waals surface area (Å²) in [5.41, 5.74) is 2.36. The summed E-state index contributed by atoms with van der Waals surface area (Å²) < 4.78 is 11.1. The Bertz CT molecular complexity index is 538. The lowest BCUT2D eigenvalue weighted by molar-refractivity contribution is 0.408. The minimum atomic E-state index is 0.772. The summed E-state index contributed by atoms with van der Waals surface area (Å²) in [7, 11) is 1.65. The van der Waals surface area contributed by atoms with Crippen LogP contribution in [-0.4, -0.2) is 7.11 Å². The van der Waals surface area contributed by atoms with Crippen LogP contribution >= 0.6 is 15.9 Å². The van der Waals surface area contributed by atoms with Gasteiger partial charge in [0.15, 0.2) is 0 Å². The van der Waals surface area contributed by atoms with Crippen LogP contribution in [0.25, 0.3) is 0 Å². The first-order valence-corrected chi connectivity index (χ1v) is 6.82. The number of halogens is 1. The van der Waals surface area contributed by atoms with Gasteiger partial charge in [-0.05, 0) is 25.1 Å². The average molecular weight is 307 g/mol. The van der Waals surface area contributed by atoms with Gasteiger partial charge in [-0.25, -0.2) is 0 Å². The highest BCUT2D eigenvalue weighted by atomic mass is 79.9. The highest BCUT2D eigenvalue weighted by Crippen LogP contribution is 2.29. The molecule has 0 aliphatic rings. The van der Waals surface area contributed by atoms with E-state index in [1.165, 1.54) is 5.56 Å². The standard InChI is InChI=1S/C15H15BrO2/c1-11-6-7-15(12(8-11)10-16)18-14-5-3-4-13(9-14)17-2/h3-9H,10H2,1-2H3. The lowest BCUT2D eigenvalue weighted by Gasteiger charge is -2.11. The number of rotatable bonds is 4. The van der Waals surface area contributed by atoms with Gasteiger partial charge in [-0.3, -0.25) is 0 Å². The van der Waals surface area contributed by atoms with E-state index in [9.17, 15) is 0 Å². The van der Waals surface area contributed by atoms with Gasteiger partial charge in [-0.1, -0.05) is 39.7 Å². The minimum absolute atomic E-state index is 0.772. The fourth-order valence-electron chi connectivity index (χ4n) is 1.70. The van der Waals surface area contributed by atoms with E-state index in [2.05, 4.69) is 28.9 Å². The zero-order valence-corrected chi connectivity index (χ0v) is 12.0. The molecule has 0 fully saturated rings. The van der Waals surface area contributed by atoms with E-state index in [-0.39, 0.29) is 0 Å². The molecule has 0 unspecified atom stereocenters. The Morgan fingerprint density at radius 3 is 2.56 bits per heavy atom. The van der Waals surface area contributed by atoms with Crippen LogP contribution in [0.5, 0.6) is 17.2 Å². The Balaban J connectivity index is 2.27. The molecule has 0 saturated carbocycles. The Morgan fingerprint density at radius 1 is 1.06 bits per heavy atom. The third-order valence-electron chi connectivity index (χ3n) is 2.63. The predicted molar refractivity (Wildman–Crippen MR) is 76.9 cm³/mol. The van der Waals surface area contributed by atoms with E-state index < -0.39 is 0 Å². The van der Waals surface area contributed by atoms with Crippen LogP contribution in [-0.2, 0) is 5.33 Å². The summed E-state index contributed by atoms with van der Waals surface area (Å²) in [5.74, 6) is 2.44. The molecule has 0 aromatic heterocycles. The minimum Gasteiger partial charge on any atom is -0.497 e. The van der Waals surface area contributed by atoms with Crippen LogP contribution in [0.15, 0.2) is 42.5 Å². The summed E-state index contributed by atoms with van der Waals surface area (Å²) in [6, 6.07) is 13.7. The molecule has 3 heteroatoms. The van der Waals surface area contributed by atoms with Crippen molar-refractivity contribution in [3.05, 3.63) is 53.6 Å². The summed E-state index contributed by atoms with van der Waals surface area (Å²) in [6.07, 6.45) is 0. The van der Waals surface area contributed by atoms with Gasteiger partial charge in [0.25, 0.3) is 0 Å². The fraction of sp³-hybridized carbons (Fsp3) is 0.200. The molecule has 94 valence electrons. The molecule has 0 bridgehead atoms. The number of hydrogen-bond donors (Lipinski definition) is 0. The van der Waals surface area contributed by atoms with Gasteiger partial charge >= 0.3 is 0 Å². The second kappa shape index (κ2) is 5.91. The number of ether oxygens (including phenoxy) is 2. The number of benzene rings is 2. The molecule has 2 rings (SSSR count). The van der Waals surface area contributed by atoms with Crippen molar-refractivity contribution < 1.29 is 9.47 Å². The largest absolute Gasteiger partial charge is 0.497 e. The van der Waals surface area contributed by atoms with E-state index in [0.29, 0.717) is 0 Å². The molecule has 0 spiro atoms. The monoisotopic (exact) mass is 306 g/mol.